The molecule has 9 nitrogen and oxygen atoms in total. The summed E-state index contributed by atoms with van der Waals surface area (Å²) in [6.45, 7) is 0.136. The highest BCUT2D eigenvalue weighted by atomic mass is 35.5. The average Bonchev–Trinajstić information content (AvgIpc) is 3.40. The van der Waals surface area contributed by atoms with E-state index in [0.29, 0.717) is 50.2 Å². The van der Waals surface area contributed by atoms with Crippen molar-refractivity contribution in [3.05, 3.63) is 106 Å². The Hall–Kier alpha value is -4.89. The number of ether oxygens (including phenoxy) is 2. The number of anilines is 1. The normalized spacial score (nSPS) is 15.8. The van der Waals surface area contributed by atoms with Crippen LogP contribution in [0.1, 0.15) is 32.0 Å². The van der Waals surface area contributed by atoms with E-state index >= 15 is 0 Å². The molecule has 3 heterocycles. The first-order chi connectivity index (χ1) is 19.4. The van der Waals surface area contributed by atoms with Gasteiger partial charge in [-0.2, -0.15) is 0 Å². The summed E-state index contributed by atoms with van der Waals surface area (Å²) < 4.78 is 10.9. The Bertz CT molecular complexity index is 1660. The molecule has 3 aromatic carbocycles. The number of rotatable bonds is 6. The van der Waals surface area contributed by atoms with Gasteiger partial charge in [-0.15, -0.1) is 0 Å². The molecule has 0 fully saturated rings. The lowest BCUT2D eigenvalue weighted by Gasteiger charge is -2.29. The molecular formula is C30H22ClN3O6. The van der Waals surface area contributed by atoms with Gasteiger partial charge in [0.15, 0.2) is 11.5 Å². The summed E-state index contributed by atoms with van der Waals surface area (Å²) in [7, 11) is 0. The molecule has 0 saturated heterocycles. The van der Waals surface area contributed by atoms with Gasteiger partial charge in [-0.1, -0.05) is 29.8 Å². The van der Waals surface area contributed by atoms with Crippen molar-refractivity contribution < 1.29 is 29.0 Å². The Balaban J connectivity index is 1.42. The van der Waals surface area contributed by atoms with Crippen molar-refractivity contribution in [1.82, 2.24) is 9.88 Å². The van der Waals surface area contributed by atoms with Crippen LogP contribution in [0.15, 0.2) is 79.0 Å². The van der Waals surface area contributed by atoms with E-state index in [2.05, 4.69) is 10.3 Å². The number of carbonyl (C=O) groups is 3. The summed E-state index contributed by atoms with van der Waals surface area (Å²) in [6.07, 6.45) is 1.81. The van der Waals surface area contributed by atoms with Crippen LogP contribution in [0.4, 0.5) is 5.69 Å². The third-order valence-corrected chi connectivity index (χ3v) is 7.12. The van der Waals surface area contributed by atoms with Gasteiger partial charge in [0.2, 0.25) is 12.7 Å². The van der Waals surface area contributed by atoms with Gasteiger partial charge in [0.05, 0.1) is 16.8 Å². The number of carboxylic acid groups (broad SMARTS) is 1. The third-order valence-electron chi connectivity index (χ3n) is 6.89. The second-order valence-electron chi connectivity index (χ2n) is 9.41. The molecule has 0 aliphatic carbocycles. The van der Waals surface area contributed by atoms with E-state index in [1.54, 1.807) is 66.9 Å². The van der Waals surface area contributed by atoms with Crippen molar-refractivity contribution in [2.45, 2.75) is 19.0 Å². The molecule has 200 valence electrons. The highest BCUT2D eigenvalue weighted by Crippen LogP contribution is 2.37. The zero-order valence-corrected chi connectivity index (χ0v) is 21.7. The van der Waals surface area contributed by atoms with Gasteiger partial charge in [-0.3, -0.25) is 14.6 Å². The van der Waals surface area contributed by atoms with Crippen molar-refractivity contribution >= 4 is 35.1 Å². The van der Waals surface area contributed by atoms with Crippen LogP contribution in [0.2, 0.25) is 5.02 Å². The fourth-order valence-corrected chi connectivity index (χ4v) is 5.11. The molecule has 1 atom stereocenters. The number of benzene rings is 3. The number of nitrogens with one attached hydrogen (secondary N) is 1. The zero-order chi connectivity index (χ0) is 27.8. The number of hydrogen-bond donors (Lipinski definition) is 2. The minimum Gasteiger partial charge on any atom is -0.478 e. The molecule has 0 bridgehead atoms. The summed E-state index contributed by atoms with van der Waals surface area (Å²) >= 11 is 6.16. The summed E-state index contributed by atoms with van der Waals surface area (Å²) in [5, 5.41) is 13.1. The lowest BCUT2D eigenvalue weighted by Crippen LogP contribution is -2.46. The highest BCUT2D eigenvalue weighted by Gasteiger charge is 2.36. The van der Waals surface area contributed by atoms with Crippen molar-refractivity contribution in [3.63, 3.8) is 0 Å². The molecule has 2 aliphatic heterocycles. The molecule has 2 amide bonds. The first-order valence-corrected chi connectivity index (χ1v) is 12.8. The monoisotopic (exact) mass is 555 g/mol. The van der Waals surface area contributed by atoms with Crippen LogP contribution in [0, 0.1) is 0 Å². The average molecular weight is 556 g/mol. The molecule has 0 spiro atoms. The summed E-state index contributed by atoms with van der Waals surface area (Å²) in [5.41, 5.74) is 3.08. The van der Waals surface area contributed by atoms with E-state index in [1.807, 2.05) is 6.07 Å². The second-order valence-corrected chi connectivity index (χ2v) is 9.84. The number of aromatic carboxylic acids is 1. The maximum Gasteiger partial charge on any atom is 0.336 e. The van der Waals surface area contributed by atoms with E-state index in [4.69, 9.17) is 21.1 Å². The fourth-order valence-electron chi connectivity index (χ4n) is 4.94. The molecular weight excluding hydrogens is 534 g/mol. The molecule has 1 unspecified atom stereocenters. The number of pyridine rings is 1. The zero-order valence-electron chi connectivity index (χ0n) is 21.0. The summed E-state index contributed by atoms with van der Waals surface area (Å²) in [4.78, 5) is 45.3. The Morgan fingerprint density at radius 2 is 1.85 bits per heavy atom. The molecule has 2 N–H and O–H groups in total. The number of carbonyl (C=O) groups excluding carboxylic acids is 2. The van der Waals surface area contributed by atoms with Gasteiger partial charge in [-0.05, 0) is 71.3 Å². The Morgan fingerprint density at radius 1 is 1.00 bits per heavy atom. The van der Waals surface area contributed by atoms with Gasteiger partial charge >= 0.3 is 5.97 Å². The van der Waals surface area contributed by atoms with E-state index in [0.717, 1.165) is 0 Å². The third kappa shape index (κ3) is 4.83. The predicted molar refractivity (Wildman–Crippen MR) is 147 cm³/mol. The van der Waals surface area contributed by atoms with Crippen LogP contribution >= 0.6 is 11.6 Å². The van der Waals surface area contributed by atoms with Crippen LogP contribution in [0.5, 0.6) is 11.5 Å². The minimum atomic E-state index is -1.09. The van der Waals surface area contributed by atoms with E-state index in [-0.39, 0.29) is 37.1 Å². The van der Waals surface area contributed by atoms with Gasteiger partial charge in [0.1, 0.15) is 6.04 Å². The number of amides is 2. The van der Waals surface area contributed by atoms with Gasteiger partial charge in [0, 0.05) is 29.9 Å². The Morgan fingerprint density at radius 3 is 2.65 bits per heavy atom. The predicted octanol–water partition coefficient (Wildman–Crippen LogP) is 5.03. The lowest BCUT2D eigenvalue weighted by molar-refractivity contribution is -0.120. The Kier molecular flexibility index (Phi) is 6.57. The topological polar surface area (TPSA) is 118 Å². The highest BCUT2D eigenvalue weighted by molar-refractivity contribution is 6.31. The van der Waals surface area contributed by atoms with Crippen molar-refractivity contribution in [2.75, 3.05) is 12.1 Å². The van der Waals surface area contributed by atoms with Gasteiger partial charge < -0.3 is 24.8 Å². The minimum absolute atomic E-state index is 0.0449. The number of halogens is 1. The number of nitrogens with zero attached hydrogens (tertiary/aromatic N) is 2. The van der Waals surface area contributed by atoms with Crippen LogP contribution < -0.4 is 14.8 Å². The van der Waals surface area contributed by atoms with Crippen LogP contribution in [0.3, 0.4) is 0 Å². The maximum atomic E-state index is 13.9. The number of aromatic nitrogens is 1. The van der Waals surface area contributed by atoms with Crippen molar-refractivity contribution in [3.8, 4) is 22.6 Å². The lowest BCUT2D eigenvalue weighted by atomic mass is 9.96. The fraction of sp³-hybridized carbons (Fsp3) is 0.133. The number of fused-ring (bicyclic) bond motifs is 2. The van der Waals surface area contributed by atoms with Crippen LogP contribution in [0.25, 0.3) is 11.1 Å². The van der Waals surface area contributed by atoms with Gasteiger partial charge in [0.25, 0.3) is 5.91 Å². The molecule has 2 aliphatic rings. The Labute approximate surface area is 233 Å². The smallest absolute Gasteiger partial charge is 0.336 e. The molecule has 40 heavy (non-hydrogen) atoms. The SMILES string of the molecule is O=C(O)c1ccc(CN2C(=O)c3ccc(Cl)cc3NC(=O)C2Cc2ccccn2)cc1-c1ccc2c(c1)OCO2. The van der Waals surface area contributed by atoms with Gasteiger partial charge in [-0.25, -0.2) is 4.79 Å². The summed E-state index contributed by atoms with van der Waals surface area (Å²) in [6, 6.07) is 19.3. The maximum absolute atomic E-state index is 13.9. The number of hydrogen-bond acceptors (Lipinski definition) is 6. The first kappa shape index (κ1) is 25.4. The second kappa shape index (κ2) is 10.3. The summed E-state index contributed by atoms with van der Waals surface area (Å²) in [5.74, 6) is -0.738. The van der Waals surface area contributed by atoms with Crippen LogP contribution in [-0.2, 0) is 17.8 Å². The largest absolute Gasteiger partial charge is 0.478 e. The van der Waals surface area contributed by atoms with E-state index in [1.165, 1.54) is 11.0 Å². The van der Waals surface area contributed by atoms with E-state index < -0.39 is 12.0 Å². The molecule has 4 aromatic rings. The molecule has 1 aromatic heterocycles. The molecule has 10 heteroatoms. The standard InChI is InChI=1S/C30H22ClN3O6/c31-19-6-8-22-24(13-19)33-28(35)25(14-20-3-1-2-10-32-20)34(29(22)36)15-17-4-7-21(30(37)38)23(11-17)18-5-9-26-27(12-18)40-16-39-26/h1-13,25H,14-16H2,(H,33,35)(H,37,38). The van der Waals surface area contributed by atoms with Crippen molar-refractivity contribution in [1.29, 1.82) is 0 Å². The quantitative estimate of drug-likeness (QED) is 0.342. The number of carboxylic acids is 1. The van der Waals surface area contributed by atoms with E-state index in [9.17, 15) is 19.5 Å². The molecule has 0 radical (unpaired) electrons. The first-order valence-electron chi connectivity index (χ1n) is 12.4. The van der Waals surface area contributed by atoms with Crippen LogP contribution in [-0.4, -0.2) is 45.6 Å². The van der Waals surface area contributed by atoms with Crippen molar-refractivity contribution in [2.24, 2.45) is 0 Å². The molecule has 0 saturated carbocycles. The molecule has 6 rings (SSSR count).